The maximum atomic E-state index is 10.7. The number of rotatable bonds is 12. The molecule has 270 valence electrons. The highest BCUT2D eigenvalue weighted by molar-refractivity contribution is 5.75. The zero-order valence-electron chi connectivity index (χ0n) is 30.9. The van der Waals surface area contributed by atoms with Gasteiger partial charge in [-0.15, -0.1) is 0 Å². The topological polar surface area (TPSA) is 128 Å². The maximum Gasteiger partial charge on any atom is 0.407 e. The van der Waals surface area contributed by atoms with Crippen LogP contribution in [0.5, 0.6) is 0 Å². The summed E-state index contributed by atoms with van der Waals surface area (Å²) in [5, 5.41) is 12.3. The summed E-state index contributed by atoms with van der Waals surface area (Å²) in [6, 6.07) is 5.98. The van der Waals surface area contributed by atoms with Gasteiger partial charge in [0.25, 0.3) is 6.47 Å². The monoisotopic (exact) mass is 688 g/mol. The number of amides is 1. The Hall–Kier alpha value is -5.17. The lowest BCUT2D eigenvalue weighted by atomic mass is 10.1. The van der Waals surface area contributed by atoms with E-state index in [9.17, 15) is 9.59 Å². The third-order valence-electron chi connectivity index (χ3n) is 7.23. The average Bonchev–Trinajstić information content (AvgIpc) is 3.73. The van der Waals surface area contributed by atoms with Crippen molar-refractivity contribution in [1.29, 1.82) is 0 Å². The molecule has 1 N–H and O–H groups in total. The first-order valence-corrected chi connectivity index (χ1v) is 16.7. The predicted octanol–water partition coefficient (Wildman–Crippen LogP) is 6.19. The fourth-order valence-corrected chi connectivity index (χ4v) is 4.82. The van der Waals surface area contributed by atoms with Crippen molar-refractivity contribution in [2.75, 3.05) is 51.5 Å². The minimum Gasteiger partial charge on any atom is -0.446 e. The van der Waals surface area contributed by atoms with Crippen LogP contribution >= 0.6 is 0 Å². The summed E-state index contributed by atoms with van der Waals surface area (Å²) in [7, 11) is 1.86. The minimum absolute atomic E-state index is 0.170. The summed E-state index contributed by atoms with van der Waals surface area (Å²) in [5.41, 5.74) is 5.74. The van der Waals surface area contributed by atoms with Crippen molar-refractivity contribution in [3.8, 4) is 5.82 Å². The van der Waals surface area contributed by atoms with Crippen molar-refractivity contribution >= 4 is 35.2 Å². The Bertz CT molecular complexity index is 1740. The molecule has 0 radical (unpaired) electrons. The number of fused-ring (bicyclic) bond motifs is 1. The Kier molecular flexibility index (Phi) is 14.6. The Labute approximate surface area is 295 Å². The summed E-state index contributed by atoms with van der Waals surface area (Å²) in [6.45, 7) is 23.3. The van der Waals surface area contributed by atoms with Gasteiger partial charge in [0.05, 0.1) is 24.6 Å². The molecule has 0 unspecified atom stereocenters. The van der Waals surface area contributed by atoms with E-state index in [2.05, 4.69) is 16.8 Å². The van der Waals surface area contributed by atoms with Crippen molar-refractivity contribution in [3.05, 3.63) is 84.0 Å². The third-order valence-corrected chi connectivity index (χ3v) is 7.23. The van der Waals surface area contributed by atoms with E-state index in [0.29, 0.717) is 37.7 Å². The highest BCUT2D eigenvalue weighted by atomic mass is 16.6. The second kappa shape index (κ2) is 18.6. The number of carbonyl (C=O) groups excluding carboxylic acids is 2. The number of hydrogen-bond acceptors (Lipinski definition) is 10. The number of hydrogen-bond donors (Lipinski definition) is 1. The number of carbonyl (C=O) groups is 2. The first kappa shape index (κ1) is 39.3. The van der Waals surface area contributed by atoms with Crippen LogP contribution in [0, 0.1) is 0 Å². The summed E-state index contributed by atoms with van der Waals surface area (Å²) in [4.78, 5) is 30.4. The number of anilines is 1. The van der Waals surface area contributed by atoms with Gasteiger partial charge in [0.2, 0.25) is 0 Å². The van der Waals surface area contributed by atoms with Crippen LogP contribution in [0.1, 0.15) is 66.8 Å². The summed E-state index contributed by atoms with van der Waals surface area (Å²) in [6.07, 6.45) is 11.6. The predicted molar refractivity (Wildman–Crippen MR) is 198 cm³/mol. The number of alkyl carbamates (subject to hydrolysis) is 1. The highest BCUT2D eigenvalue weighted by Gasteiger charge is 2.20. The van der Waals surface area contributed by atoms with Crippen LogP contribution in [0.3, 0.4) is 0 Å². The number of morpholine rings is 1. The molecule has 0 aromatic carbocycles. The summed E-state index contributed by atoms with van der Waals surface area (Å²) >= 11 is 0. The molecule has 4 heterocycles. The molecule has 50 heavy (non-hydrogen) atoms. The fourth-order valence-electron chi connectivity index (χ4n) is 4.82. The van der Waals surface area contributed by atoms with Gasteiger partial charge < -0.3 is 29.3 Å². The second-order valence-corrected chi connectivity index (χ2v) is 12.6. The van der Waals surface area contributed by atoms with E-state index in [1.165, 1.54) is 0 Å². The molecule has 1 amide bonds. The molecule has 13 nitrogen and oxygen atoms in total. The van der Waals surface area contributed by atoms with Crippen LogP contribution < -0.4 is 10.2 Å². The van der Waals surface area contributed by atoms with Crippen molar-refractivity contribution in [2.45, 2.75) is 61.0 Å². The molecule has 0 bridgehead atoms. The lowest BCUT2D eigenvalue weighted by Crippen LogP contribution is -2.37. The molecule has 1 aliphatic heterocycles. The Balaban J connectivity index is 0.000000588. The zero-order valence-corrected chi connectivity index (χ0v) is 30.9. The summed E-state index contributed by atoms with van der Waals surface area (Å²) < 4.78 is 19.1. The van der Waals surface area contributed by atoms with Crippen LogP contribution in [-0.2, 0) is 19.0 Å². The van der Waals surface area contributed by atoms with Crippen LogP contribution in [0.15, 0.2) is 72.6 Å². The Morgan fingerprint density at radius 3 is 2.42 bits per heavy atom. The van der Waals surface area contributed by atoms with Crippen molar-refractivity contribution in [3.63, 3.8) is 0 Å². The van der Waals surface area contributed by atoms with Crippen LogP contribution in [-0.4, -0.2) is 94.1 Å². The molecule has 0 spiro atoms. The molecule has 0 atom stereocenters. The molecule has 1 fully saturated rings. The molecule has 1 saturated heterocycles. The molecule has 1 aliphatic rings. The SMILES string of the molecule is C=C(C)/C=C(\C=C/C)c1ccn(-c2cc(N3CCOCC3)n3nc(C(/C=C(/C)N(C)COC=O)=C/C)cc3n2)n1.CCNC(=O)OC(C)(C)C. The van der Waals surface area contributed by atoms with Gasteiger partial charge in [0.15, 0.2) is 18.2 Å². The molecule has 13 heteroatoms. The highest BCUT2D eigenvalue weighted by Crippen LogP contribution is 2.26. The number of ether oxygens (including phenoxy) is 3. The lowest BCUT2D eigenvalue weighted by Gasteiger charge is -2.29. The van der Waals surface area contributed by atoms with E-state index in [4.69, 9.17) is 29.4 Å². The van der Waals surface area contributed by atoms with Gasteiger partial charge in [-0.2, -0.15) is 14.7 Å². The van der Waals surface area contributed by atoms with E-state index in [1.807, 2.05) is 127 Å². The fraction of sp³-hybridized carbons (Fsp3) is 0.432. The first-order valence-electron chi connectivity index (χ1n) is 16.7. The smallest absolute Gasteiger partial charge is 0.407 e. The van der Waals surface area contributed by atoms with Crippen LogP contribution in [0.25, 0.3) is 22.6 Å². The standard InChI is InChI=1S/C30H37N7O3.C7H15NO2/c1-7-9-25(16-22(3)4)26-10-11-36(32-26)28-19-30(35-12-14-39-15-13-35)37-29(31-28)18-27(33-37)24(8-2)17-23(5)34(6)20-40-21-38;1-5-8-6(9)10-7(2,3)4/h7-11,16-19,21H,3,12-15,20H2,1-2,4-6H3;5H2,1-4H3,(H,8,9)/b9-7-,23-17-,24-8+,25-16+;. The Morgan fingerprint density at radius 1 is 1.10 bits per heavy atom. The summed E-state index contributed by atoms with van der Waals surface area (Å²) in [5.74, 6) is 1.62. The van der Waals surface area contributed by atoms with Gasteiger partial charge >= 0.3 is 6.09 Å². The van der Waals surface area contributed by atoms with Crippen molar-refractivity contribution < 1.29 is 23.8 Å². The quantitative estimate of drug-likeness (QED) is 0.134. The van der Waals surface area contributed by atoms with E-state index in [0.717, 1.165) is 52.7 Å². The zero-order chi connectivity index (χ0) is 36.8. The van der Waals surface area contributed by atoms with E-state index in [-0.39, 0.29) is 18.4 Å². The largest absolute Gasteiger partial charge is 0.446 e. The number of allylic oxidation sites excluding steroid dienone is 9. The molecule has 0 aliphatic carbocycles. The molecular formula is C37H52N8O5. The molecule has 3 aromatic rings. The van der Waals surface area contributed by atoms with Gasteiger partial charge in [-0.3, -0.25) is 4.79 Å². The minimum atomic E-state index is -0.390. The number of nitrogens with one attached hydrogen (secondary N) is 1. The Morgan fingerprint density at radius 2 is 1.82 bits per heavy atom. The second-order valence-electron chi connectivity index (χ2n) is 12.6. The third kappa shape index (κ3) is 11.5. The maximum absolute atomic E-state index is 10.7. The number of aromatic nitrogens is 5. The normalized spacial score (nSPS) is 14.3. The lowest BCUT2D eigenvalue weighted by molar-refractivity contribution is -0.131. The van der Waals surface area contributed by atoms with Gasteiger partial charge in [0.1, 0.15) is 11.4 Å². The van der Waals surface area contributed by atoms with Gasteiger partial charge in [-0.25, -0.2) is 14.5 Å². The van der Waals surface area contributed by atoms with Gasteiger partial charge in [-0.05, 0) is 73.1 Å². The van der Waals surface area contributed by atoms with Crippen molar-refractivity contribution in [2.24, 2.45) is 0 Å². The van der Waals surface area contributed by atoms with Gasteiger partial charge in [0, 0.05) is 56.3 Å². The first-order chi connectivity index (χ1) is 23.8. The molecule has 0 saturated carbocycles. The molecular weight excluding hydrogens is 636 g/mol. The molecule has 4 rings (SSSR count). The van der Waals surface area contributed by atoms with E-state index in [1.54, 1.807) is 4.68 Å². The van der Waals surface area contributed by atoms with Crippen LogP contribution in [0.4, 0.5) is 10.6 Å². The van der Waals surface area contributed by atoms with E-state index >= 15 is 0 Å². The van der Waals surface area contributed by atoms with Gasteiger partial charge in [-0.1, -0.05) is 36.5 Å². The average molecular weight is 689 g/mol. The van der Waals surface area contributed by atoms with Crippen molar-refractivity contribution in [1.82, 2.24) is 34.6 Å². The number of nitrogens with zero attached hydrogens (tertiary/aromatic N) is 7. The molecule has 3 aromatic heterocycles. The van der Waals surface area contributed by atoms with Crippen LogP contribution in [0.2, 0.25) is 0 Å². The van der Waals surface area contributed by atoms with E-state index < -0.39 is 0 Å².